The van der Waals surface area contributed by atoms with Crippen molar-refractivity contribution in [2.75, 3.05) is 0 Å². The van der Waals surface area contributed by atoms with Crippen LogP contribution in [0.15, 0.2) is 24.3 Å². The van der Waals surface area contributed by atoms with Crippen LogP contribution in [0.25, 0.3) is 10.9 Å². The second kappa shape index (κ2) is 6.17. The molecule has 1 aromatic heterocycles. The molecule has 2 rings (SSSR count). The van der Waals surface area contributed by atoms with Gasteiger partial charge in [-0.25, -0.2) is 9.18 Å². The Labute approximate surface area is 127 Å². The number of fused-ring (bicyclic) bond motifs is 1. The van der Waals surface area contributed by atoms with Crippen molar-refractivity contribution in [2.45, 2.75) is 26.3 Å². The zero-order chi connectivity index (χ0) is 16.4. The third-order valence-corrected chi connectivity index (χ3v) is 4.00. The Morgan fingerprint density at radius 3 is 2.64 bits per heavy atom. The van der Waals surface area contributed by atoms with E-state index in [0.717, 1.165) is 0 Å². The lowest BCUT2D eigenvalue weighted by molar-refractivity contribution is -0.140. The largest absolute Gasteiger partial charge is 0.480 e. The predicted octanol–water partition coefficient (Wildman–Crippen LogP) is 2.55. The van der Waals surface area contributed by atoms with Crippen molar-refractivity contribution in [3.05, 3.63) is 35.8 Å². The minimum absolute atomic E-state index is 0.187. The molecule has 0 saturated carbocycles. The number of nitrogens with zero attached hydrogens (tertiary/aromatic N) is 1. The molecule has 6 heteroatoms. The predicted molar refractivity (Wildman–Crippen MR) is 81.2 cm³/mol. The van der Waals surface area contributed by atoms with Gasteiger partial charge >= 0.3 is 5.97 Å². The van der Waals surface area contributed by atoms with Crippen molar-refractivity contribution in [3.8, 4) is 0 Å². The van der Waals surface area contributed by atoms with E-state index in [4.69, 9.17) is 0 Å². The van der Waals surface area contributed by atoms with Gasteiger partial charge in [0.25, 0.3) is 5.91 Å². The summed E-state index contributed by atoms with van der Waals surface area (Å²) in [6.45, 7) is 3.64. The van der Waals surface area contributed by atoms with Crippen LogP contribution in [0, 0.1) is 11.7 Å². The number of carboxylic acids is 1. The summed E-state index contributed by atoms with van der Waals surface area (Å²) in [5.74, 6) is -2.11. The molecule has 22 heavy (non-hydrogen) atoms. The van der Waals surface area contributed by atoms with E-state index in [1.54, 1.807) is 30.7 Å². The minimum Gasteiger partial charge on any atom is -0.480 e. The summed E-state index contributed by atoms with van der Waals surface area (Å²) in [5, 5.41) is 12.4. The number of nitrogens with one attached hydrogen (secondary N) is 1. The maximum Gasteiger partial charge on any atom is 0.326 e. The van der Waals surface area contributed by atoms with Gasteiger partial charge in [0.15, 0.2) is 0 Å². The average Bonchev–Trinajstić information content (AvgIpc) is 2.79. The number of aryl methyl sites for hydroxylation is 1. The van der Waals surface area contributed by atoms with Gasteiger partial charge in [0.05, 0.1) is 0 Å². The quantitative estimate of drug-likeness (QED) is 0.891. The second-order valence-corrected chi connectivity index (χ2v) is 5.47. The summed E-state index contributed by atoms with van der Waals surface area (Å²) in [4.78, 5) is 23.7. The number of carbonyl (C=O) groups is 2. The van der Waals surface area contributed by atoms with E-state index in [2.05, 4.69) is 5.32 Å². The standard InChI is InChI=1S/C16H19FN2O3/c1-4-9(2)14(16(21)22)18-15(20)13-8-10-7-11(17)5-6-12(10)19(13)3/h5-9,14H,4H2,1-3H3,(H,18,20)(H,21,22)/t9-,14-/m0/s1. The number of carbonyl (C=O) groups excluding carboxylic acids is 1. The van der Waals surface area contributed by atoms with Gasteiger partial charge in [-0.3, -0.25) is 4.79 Å². The lowest BCUT2D eigenvalue weighted by Crippen LogP contribution is -2.45. The van der Waals surface area contributed by atoms with E-state index in [-0.39, 0.29) is 11.7 Å². The lowest BCUT2D eigenvalue weighted by Gasteiger charge is -2.20. The van der Waals surface area contributed by atoms with Gasteiger partial charge in [-0.1, -0.05) is 20.3 Å². The van der Waals surface area contributed by atoms with Gasteiger partial charge in [0, 0.05) is 18.0 Å². The Morgan fingerprint density at radius 2 is 2.05 bits per heavy atom. The number of halogens is 1. The molecule has 5 nitrogen and oxygen atoms in total. The molecule has 0 unspecified atom stereocenters. The molecule has 0 radical (unpaired) electrons. The molecule has 0 aliphatic rings. The molecule has 0 fully saturated rings. The Bertz CT molecular complexity index is 723. The molecule has 1 amide bonds. The van der Waals surface area contributed by atoms with E-state index in [1.165, 1.54) is 12.1 Å². The Balaban J connectivity index is 2.33. The molecule has 0 saturated heterocycles. The maximum absolute atomic E-state index is 13.3. The molecule has 0 spiro atoms. The summed E-state index contributed by atoms with van der Waals surface area (Å²) in [6, 6.07) is 4.86. The zero-order valence-corrected chi connectivity index (χ0v) is 12.8. The Kier molecular flexibility index (Phi) is 4.49. The molecule has 0 aliphatic heterocycles. The summed E-state index contributed by atoms with van der Waals surface area (Å²) in [5.41, 5.74) is 1.01. The van der Waals surface area contributed by atoms with Crippen LogP contribution < -0.4 is 5.32 Å². The number of rotatable bonds is 5. The van der Waals surface area contributed by atoms with Crippen LogP contribution in [0.3, 0.4) is 0 Å². The van der Waals surface area contributed by atoms with E-state index < -0.39 is 17.9 Å². The van der Waals surface area contributed by atoms with Crippen molar-refractivity contribution in [2.24, 2.45) is 13.0 Å². The number of hydrogen-bond acceptors (Lipinski definition) is 2. The topological polar surface area (TPSA) is 71.3 Å². The molecular weight excluding hydrogens is 287 g/mol. The normalized spacial score (nSPS) is 13.8. The first kappa shape index (κ1) is 16.0. The van der Waals surface area contributed by atoms with E-state index in [1.807, 2.05) is 6.92 Å². The first-order valence-corrected chi connectivity index (χ1v) is 7.13. The average molecular weight is 306 g/mol. The summed E-state index contributed by atoms with van der Waals surface area (Å²) >= 11 is 0. The van der Waals surface area contributed by atoms with Crippen molar-refractivity contribution in [1.82, 2.24) is 9.88 Å². The monoisotopic (exact) mass is 306 g/mol. The summed E-state index contributed by atoms with van der Waals surface area (Å²) in [6.07, 6.45) is 0.636. The number of aliphatic carboxylic acids is 1. The molecule has 0 bridgehead atoms. The van der Waals surface area contributed by atoms with Crippen molar-refractivity contribution in [3.63, 3.8) is 0 Å². The van der Waals surface area contributed by atoms with Crippen LogP contribution in [0.1, 0.15) is 30.8 Å². The molecule has 0 aliphatic carbocycles. The van der Waals surface area contributed by atoms with Crippen molar-refractivity contribution >= 4 is 22.8 Å². The zero-order valence-electron chi connectivity index (χ0n) is 12.8. The summed E-state index contributed by atoms with van der Waals surface area (Å²) < 4.78 is 14.9. The fourth-order valence-corrected chi connectivity index (χ4v) is 2.44. The van der Waals surface area contributed by atoms with E-state index in [9.17, 15) is 19.1 Å². The van der Waals surface area contributed by atoms with Crippen LogP contribution in [0.2, 0.25) is 0 Å². The van der Waals surface area contributed by atoms with Gasteiger partial charge < -0.3 is 15.0 Å². The van der Waals surface area contributed by atoms with Gasteiger partial charge in [-0.15, -0.1) is 0 Å². The smallest absolute Gasteiger partial charge is 0.326 e. The Hall–Kier alpha value is -2.37. The van der Waals surface area contributed by atoms with Crippen LogP contribution >= 0.6 is 0 Å². The number of aromatic nitrogens is 1. The third kappa shape index (κ3) is 2.95. The molecule has 2 N–H and O–H groups in total. The highest BCUT2D eigenvalue weighted by molar-refractivity contribution is 6.00. The highest BCUT2D eigenvalue weighted by Crippen LogP contribution is 2.20. The first-order chi connectivity index (χ1) is 10.3. The first-order valence-electron chi connectivity index (χ1n) is 7.13. The van der Waals surface area contributed by atoms with Crippen LogP contribution in [0.4, 0.5) is 4.39 Å². The highest BCUT2D eigenvalue weighted by atomic mass is 19.1. The fraction of sp³-hybridized carbons (Fsp3) is 0.375. The molecule has 118 valence electrons. The molecule has 2 aromatic rings. The number of amides is 1. The van der Waals surface area contributed by atoms with Crippen LogP contribution in [-0.2, 0) is 11.8 Å². The Morgan fingerprint density at radius 1 is 1.36 bits per heavy atom. The number of benzene rings is 1. The van der Waals surface area contributed by atoms with E-state index >= 15 is 0 Å². The summed E-state index contributed by atoms with van der Waals surface area (Å²) in [7, 11) is 1.69. The van der Waals surface area contributed by atoms with E-state index in [0.29, 0.717) is 23.0 Å². The van der Waals surface area contributed by atoms with Crippen molar-refractivity contribution < 1.29 is 19.1 Å². The highest BCUT2D eigenvalue weighted by Gasteiger charge is 2.26. The van der Waals surface area contributed by atoms with Crippen molar-refractivity contribution in [1.29, 1.82) is 0 Å². The SMILES string of the molecule is CC[C@H](C)[C@H](NC(=O)c1cc2cc(F)ccc2n1C)C(=O)O. The van der Waals surface area contributed by atoms with Crippen LogP contribution in [0.5, 0.6) is 0 Å². The molecular formula is C16H19FN2O3. The van der Waals surface area contributed by atoms with Gasteiger partial charge in [-0.2, -0.15) is 0 Å². The minimum atomic E-state index is -1.06. The lowest BCUT2D eigenvalue weighted by atomic mass is 9.99. The van der Waals surface area contributed by atoms with Crippen LogP contribution in [-0.4, -0.2) is 27.6 Å². The third-order valence-electron chi connectivity index (χ3n) is 4.00. The fourth-order valence-electron chi connectivity index (χ4n) is 2.44. The van der Waals surface area contributed by atoms with Gasteiger partial charge in [-0.05, 0) is 30.2 Å². The van der Waals surface area contributed by atoms with Gasteiger partial charge in [0.1, 0.15) is 17.6 Å². The van der Waals surface area contributed by atoms with Gasteiger partial charge in [0.2, 0.25) is 0 Å². The second-order valence-electron chi connectivity index (χ2n) is 5.47. The molecule has 1 heterocycles. The molecule has 1 aromatic carbocycles. The number of carboxylic acid groups (broad SMARTS) is 1. The molecule has 2 atom stereocenters. The maximum atomic E-state index is 13.3. The number of hydrogen-bond donors (Lipinski definition) is 2.